The van der Waals surface area contributed by atoms with Crippen molar-refractivity contribution in [2.75, 3.05) is 25.4 Å². The number of amides is 2. The number of hydrogen-bond donors (Lipinski definition) is 2. The van der Waals surface area contributed by atoms with Gasteiger partial charge in [0, 0.05) is 0 Å². The first-order valence-corrected chi connectivity index (χ1v) is 9.54. The summed E-state index contributed by atoms with van der Waals surface area (Å²) >= 11 is 5.69. The van der Waals surface area contributed by atoms with Gasteiger partial charge < -0.3 is 24.4 Å². The van der Waals surface area contributed by atoms with Gasteiger partial charge in [-0.15, -0.1) is 11.6 Å². The van der Waals surface area contributed by atoms with Crippen LogP contribution in [0.4, 0.5) is 4.79 Å². The Bertz CT molecular complexity index is 431. The molecule has 0 heterocycles. The maximum atomic E-state index is 12.2. The minimum Gasteiger partial charge on any atom is -0.444 e. The molecule has 0 aliphatic carbocycles. The quantitative estimate of drug-likeness (QED) is 0.476. The Morgan fingerprint density at radius 3 is 2.09 bits per heavy atom. The maximum absolute atomic E-state index is 12.2. The first kappa shape index (κ1) is 22.2. The van der Waals surface area contributed by atoms with Crippen LogP contribution in [0.2, 0.25) is 0 Å². The van der Waals surface area contributed by atoms with E-state index in [1.165, 1.54) is 0 Å². The molecule has 0 aromatic rings. The van der Waals surface area contributed by atoms with Gasteiger partial charge in [-0.3, -0.25) is 9.36 Å². The fourth-order valence-corrected chi connectivity index (χ4v) is 3.05. The summed E-state index contributed by atoms with van der Waals surface area (Å²) in [6.07, 6.45) is -1.08. The molecule has 2 amide bonds. The van der Waals surface area contributed by atoms with Crippen molar-refractivity contribution in [3.05, 3.63) is 0 Å². The summed E-state index contributed by atoms with van der Waals surface area (Å²) in [5.41, 5.74) is -0.697. The zero-order chi connectivity index (χ0) is 18.1. The van der Waals surface area contributed by atoms with Crippen molar-refractivity contribution in [2.24, 2.45) is 0 Å². The molecule has 8 nitrogen and oxygen atoms in total. The Kier molecular flexibility index (Phi) is 9.77. The summed E-state index contributed by atoms with van der Waals surface area (Å²) in [6, 6.07) is -1.02. The summed E-state index contributed by atoms with van der Waals surface area (Å²) in [6.45, 7) is 8.79. The van der Waals surface area contributed by atoms with Gasteiger partial charge in [0.1, 0.15) is 17.9 Å². The first-order chi connectivity index (χ1) is 10.6. The van der Waals surface area contributed by atoms with Crippen LogP contribution < -0.4 is 10.6 Å². The molecule has 0 aromatic heterocycles. The molecular weight excluding hydrogens is 347 g/mol. The molecule has 0 unspecified atom stereocenters. The topological polar surface area (TPSA) is 103 Å². The second-order valence-corrected chi connectivity index (χ2v) is 7.86. The molecule has 0 fully saturated rings. The van der Waals surface area contributed by atoms with Gasteiger partial charge in [-0.2, -0.15) is 0 Å². The van der Waals surface area contributed by atoms with Crippen LogP contribution in [0.5, 0.6) is 0 Å². The lowest BCUT2D eigenvalue weighted by Crippen LogP contribution is -2.49. The van der Waals surface area contributed by atoms with E-state index in [4.69, 9.17) is 25.4 Å². The van der Waals surface area contributed by atoms with Gasteiger partial charge >= 0.3 is 13.7 Å². The van der Waals surface area contributed by atoms with Gasteiger partial charge in [-0.1, -0.05) is 0 Å². The van der Waals surface area contributed by atoms with Crippen molar-refractivity contribution >= 4 is 31.2 Å². The summed E-state index contributed by atoms with van der Waals surface area (Å²) in [5.74, 6) is -0.774. The number of hydrogen-bond acceptors (Lipinski definition) is 6. The lowest BCUT2D eigenvalue weighted by Gasteiger charge is -2.23. The first-order valence-electron chi connectivity index (χ1n) is 7.28. The van der Waals surface area contributed by atoms with Gasteiger partial charge in [-0.05, 0) is 34.6 Å². The lowest BCUT2D eigenvalue weighted by molar-refractivity contribution is -0.122. The van der Waals surface area contributed by atoms with Crippen molar-refractivity contribution < 1.29 is 27.9 Å². The van der Waals surface area contributed by atoms with Crippen molar-refractivity contribution in [3.63, 3.8) is 0 Å². The third kappa shape index (κ3) is 9.81. The Hall–Kier alpha value is -0.820. The van der Waals surface area contributed by atoms with Crippen LogP contribution in [-0.2, 0) is 23.1 Å². The molecule has 0 radical (unpaired) electrons. The van der Waals surface area contributed by atoms with E-state index >= 15 is 0 Å². The fourth-order valence-electron chi connectivity index (χ4n) is 1.44. The number of alkyl halides is 1. The number of carbonyl (C=O) groups is 2. The molecule has 0 spiro atoms. The molecule has 23 heavy (non-hydrogen) atoms. The highest BCUT2D eigenvalue weighted by molar-refractivity contribution is 7.53. The molecule has 0 bridgehead atoms. The van der Waals surface area contributed by atoms with Crippen LogP contribution in [0.15, 0.2) is 0 Å². The van der Waals surface area contributed by atoms with Crippen molar-refractivity contribution in [3.8, 4) is 0 Å². The predicted molar refractivity (Wildman–Crippen MR) is 87.7 cm³/mol. The highest BCUT2D eigenvalue weighted by atomic mass is 35.5. The average Bonchev–Trinajstić information content (AvgIpc) is 2.41. The van der Waals surface area contributed by atoms with Crippen LogP contribution in [0.1, 0.15) is 34.6 Å². The maximum Gasteiger partial charge on any atom is 0.408 e. The van der Waals surface area contributed by atoms with E-state index in [-0.39, 0.29) is 25.4 Å². The third-order valence-corrected chi connectivity index (χ3v) is 4.42. The molecule has 1 atom stereocenters. The van der Waals surface area contributed by atoms with Gasteiger partial charge in [0.25, 0.3) is 0 Å². The van der Waals surface area contributed by atoms with Gasteiger partial charge in [0.15, 0.2) is 0 Å². The normalized spacial score (nSPS) is 13.3. The SMILES string of the molecule is CCOP(=O)(CNC(=O)[C@H](CCl)NC(=O)OC(C)(C)C)OCC. The van der Waals surface area contributed by atoms with Crippen molar-refractivity contribution in [2.45, 2.75) is 46.3 Å². The molecule has 0 saturated heterocycles. The average molecular weight is 373 g/mol. The summed E-state index contributed by atoms with van der Waals surface area (Å²) in [4.78, 5) is 23.7. The van der Waals surface area contributed by atoms with Crippen LogP contribution in [0.25, 0.3) is 0 Å². The van der Waals surface area contributed by atoms with E-state index in [1.54, 1.807) is 34.6 Å². The highest BCUT2D eigenvalue weighted by Crippen LogP contribution is 2.46. The molecule has 136 valence electrons. The standard InChI is InChI=1S/C13H26ClN2O6P/c1-6-20-23(19,21-7-2)9-15-11(17)10(8-14)16-12(18)22-13(3,4)5/h10H,6-9H2,1-5H3,(H,15,17)(H,16,18)/t10-/m0/s1. The van der Waals surface area contributed by atoms with Crippen LogP contribution in [0.3, 0.4) is 0 Å². The Morgan fingerprint density at radius 2 is 1.70 bits per heavy atom. The number of nitrogens with one attached hydrogen (secondary N) is 2. The molecular formula is C13H26ClN2O6P. The smallest absolute Gasteiger partial charge is 0.408 e. The largest absolute Gasteiger partial charge is 0.444 e. The monoisotopic (exact) mass is 372 g/mol. The van der Waals surface area contributed by atoms with E-state index in [0.29, 0.717) is 0 Å². The van der Waals surface area contributed by atoms with Crippen molar-refractivity contribution in [1.82, 2.24) is 10.6 Å². The molecule has 10 heteroatoms. The van der Waals surface area contributed by atoms with E-state index in [9.17, 15) is 14.2 Å². The number of ether oxygens (including phenoxy) is 1. The van der Waals surface area contributed by atoms with Gasteiger partial charge in [0.2, 0.25) is 5.91 Å². The molecule has 2 N–H and O–H groups in total. The summed E-state index contributed by atoms with van der Waals surface area (Å²) in [7, 11) is -3.41. The zero-order valence-corrected chi connectivity index (χ0v) is 15.8. The molecule has 0 rings (SSSR count). The summed E-state index contributed by atoms with van der Waals surface area (Å²) in [5, 5.41) is 4.75. The summed E-state index contributed by atoms with van der Waals surface area (Å²) < 4.78 is 27.4. The number of halogens is 1. The van der Waals surface area contributed by atoms with Crippen molar-refractivity contribution in [1.29, 1.82) is 0 Å². The minimum atomic E-state index is -3.41. The molecule has 0 aromatic carbocycles. The second-order valence-electron chi connectivity index (χ2n) is 5.50. The third-order valence-electron chi connectivity index (χ3n) is 2.26. The Balaban J connectivity index is 4.60. The fraction of sp³-hybridized carbons (Fsp3) is 0.846. The van der Waals surface area contributed by atoms with Crippen LogP contribution in [0, 0.1) is 0 Å². The number of rotatable bonds is 9. The molecule has 0 saturated carbocycles. The number of alkyl carbamates (subject to hydrolysis) is 1. The lowest BCUT2D eigenvalue weighted by atomic mass is 10.2. The number of carbonyl (C=O) groups excluding carboxylic acids is 2. The Morgan fingerprint density at radius 1 is 1.17 bits per heavy atom. The molecule has 0 aliphatic heterocycles. The van der Waals surface area contributed by atoms with E-state index in [2.05, 4.69) is 10.6 Å². The van der Waals surface area contributed by atoms with E-state index < -0.39 is 31.2 Å². The van der Waals surface area contributed by atoms with E-state index in [1.807, 2.05) is 0 Å². The van der Waals surface area contributed by atoms with Gasteiger partial charge in [0.05, 0.1) is 19.1 Å². The van der Waals surface area contributed by atoms with Crippen LogP contribution >= 0.6 is 19.2 Å². The second kappa shape index (κ2) is 10.1. The Labute approximate surface area is 142 Å². The van der Waals surface area contributed by atoms with Gasteiger partial charge in [-0.25, -0.2) is 4.79 Å². The highest BCUT2D eigenvalue weighted by Gasteiger charge is 2.28. The molecule has 0 aliphatic rings. The zero-order valence-electron chi connectivity index (χ0n) is 14.2. The predicted octanol–water partition coefficient (Wildman–Crippen LogP) is 2.46. The van der Waals surface area contributed by atoms with Crippen LogP contribution in [-0.4, -0.2) is 49.0 Å². The minimum absolute atomic E-state index is 0.168. The van der Waals surface area contributed by atoms with E-state index in [0.717, 1.165) is 0 Å².